The van der Waals surface area contributed by atoms with E-state index in [1.807, 2.05) is 38.1 Å². The topological polar surface area (TPSA) is 88.5 Å². The third-order valence-corrected chi connectivity index (χ3v) is 12.5. The Morgan fingerprint density at radius 1 is 0.600 bits per heavy atom. The zero-order valence-corrected chi connectivity index (χ0v) is 25.1. The van der Waals surface area contributed by atoms with Crippen LogP contribution in [0.1, 0.15) is 112 Å². The normalized spacial score (nSPS) is 17.8. The fraction of sp³-hybridized carbons (Fsp3) is 0.455. The summed E-state index contributed by atoms with van der Waals surface area (Å²) in [5.41, 5.74) is 2.66. The van der Waals surface area contributed by atoms with Gasteiger partial charge in [0.25, 0.3) is 0 Å². The molecule has 0 amide bonds. The van der Waals surface area contributed by atoms with Gasteiger partial charge in [0.05, 0.1) is 14.7 Å². The number of hydrogen-bond donors (Lipinski definition) is 1. The highest BCUT2D eigenvalue weighted by Gasteiger charge is 2.30. The Morgan fingerprint density at radius 3 is 1.40 bits per heavy atom. The second kappa shape index (κ2) is 11.7. The van der Waals surface area contributed by atoms with Crippen LogP contribution < -0.4 is 0 Å². The van der Waals surface area contributed by atoms with E-state index in [0.717, 1.165) is 42.9 Å². The predicted octanol–water partition coefficient (Wildman–Crippen LogP) is 8.28. The summed E-state index contributed by atoms with van der Waals surface area (Å²) < 4.78 is 55.2. The lowest BCUT2D eigenvalue weighted by Crippen LogP contribution is -2.11. The van der Waals surface area contributed by atoms with Crippen LogP contribution in [-0.4, -0.2) is 21.9 Å². The van der Waals surface area contributed by atoms with Gasteiger partial charge in [0.1, 0.15) is 10.6 Å². The van der Waals surface area contributed by atoms with Gasteiger partial charge in [-0.3, -0.25) is 0 Å². The van der Waals surface area contributed by atoms with Crippen molar-refractivity contribution in [3.8, 4) is 5.75 Å². The van der Waals surface area contributed by atoms with Gasteiger partial charge in [-0.05, 0) is 96.5 Å². The first-order chi connectivity index (χ1) is 19.1. The van der Waals surface area contributed by atoms with Crippen molar-refractivity contribution in [3.05, 3.63) is 77.4 Å². The van der Waals surface area contributed by atoms with Crippen molar-refractivity contribution in [2.24, 2.45) is 0 Å². The Labute approximate surface area is 239 Å². The summed E-state index contributed by atoms with van der Waals surface area (Å²) in [4.78, 5) is -0.303. The highest BCUT2D eigenvalue weighted by molar-refractivity contribution is 7.92. The lowest BCUT2D eigenvalue weighted by atomic mass is 9.84. The minimum absolute atomic E-state index is 0.0415. The van der Waals surface area contributed by atoms with Crippen LogP contribution in [0.3, 0.4) is 0 Å². The number of hydrogen-bond acceptors (Lipinski definition) is 5. The lowest BCUT2D eigenvalue weighted by molar-refractivity contribution is 0.443. The SMILES string of the molecule is CC(C)c1cc(O)c(S(=O)(=O)c2ccc(C3CCCCC3)cc2)cc1S(=O)(=O)c1ccc(C2CCCCC2)cc1. The maximum Gasteiger partial charge on any atom is 0.210 e. The molecule has 0 aliphatic heterocycles. The van der Waals surface area contributed by atoms with Gasteiger partial charge < -0.3 is 5.11 Å². The first-order valence-corrected chi connectivity index (χ1v) is 17.6. The van der Waals surface area contributed by atoms with Crippen LogP contribution in [0.15, 0.2) is 80.2 Å². The van der Waals surface area contributed by atoms with E-state index in [9.17, 15) is 21.9 Å². The fourth-order valence-electron chi connectivity index (χ4n) is 6.43. The summed E-state index contributed by atoms with van der Waals surface area (Å²) in [5.74, 6) is 0.201. The van der Waals surface area contributed by atoms with Gasteiger partial charge in [0.15, 0.2) is 0 Å². The standard InChI is InChI=1S/C33H40O5S2/c1-23(2)30-21-31(34)33(40(37,38)29-19-15-27(16-20-29)25-11-7-4-8-12-25)22-32(30)39(35,36)28-17-13-26(14-18-28)24-9-5-3-6-10-24/h13-25,34H,3-12H2,1-2H3. The molecule has 0 atom stereocenters. The van der Waals surface area contributed by atoms with Crippen LogP contribution in [0.4, 0.5) is 0 Å². The Morgan fingerprint density at radius 2 is 1.00 bits per heavy atom. The second-order valence-corrected chi connectivity index (χ2v) is 15.7. The second-order valence-electron chi connectivity index (χ2n) is 11.8. The highest BCUT2D eigenvalue weighted by Crippen LogP contribution is 2.40. The predicted molar refractivity (Wildman–Crippen MR) is 158 cm³/mol. The Balaban J connectivity index is 1.51. The van der Waals surface area contributed by atoms with Crippen LogP contribution in [0.2, 0.25) is 0 Å². The molecule has 0 spiro atoms. The Hall–Kier alpha value is -2.64. The molecule has 2 saturated carbocycles. The van der Waals surface area contributed by atoms with E-state index in [0.29, 0.717) is 17.4 Å². The van der Waals surface area contributed by atoms with Gasteiger partial charge in [-0.15, -0.1) is 0 Å². The van der Waals surface area contributed by atoms with E-state index in [4.69, 9.17) is 0 Å². The fourth-order valence-corrected chi connectivity index (χ4v) is 9.49. The summed E-state index contributed by atoms with van der Waals surface area (Å²) in [6.07, 6.45) is 11.7. The molecule has 2 aliphatic rings. The average molecular weight is 581 g/mol. The molecule has 0 saturated heterocycles. The number of phenolic OH excluding ortho intramolecular Hbond substituents is 1. The largest absolute Gasteiger partial charge is 0.507 e. The van der Waals surface area contributed by atoms with E-state index < -0.39 is 25.4 Å². The van der Waals surface area contributed by atoms with Crippen LogP contribution in [0, 0.1) is 0 Å². The molecule has 0 heterocycles. The van der Waals surface area contributed by atoms with Crippen molar-refractivity contribution in [1.29, 1.82) is 0 Å². The van der Waals surface area contributed by atoms with Gasteiger partial charge in [0.2, 0.25) is 19.7 Å². The van der Waals surface area contributed by atoms with Crippen molar-refractivity contribution in [3.63, 3.8) is 0 Å². The molecule has 5 nitrogen and oxygen atoms in total. The summed E-state index contributed by atoms with van der Waals surface area (Å²) >= 11 is 0. The monoisotopic (exact) mass is 580 g/mol. The molecule has 0 radical (unpaired) electrons. The van der Waals surface area contributed by atoms with Gasteiger partial charge in [-0.25, -0.2) is 16.8 Å². The maximum absolute atomic E-state index is 13.9. The van der Waals surface area contributed by atoms with Crippen LogP contribution >= 0.6 is 0 Å². The molecular formula is C33H40O5S2. The molecule has 7 heteroatoms. The molecule has 2 aliphatic carbocycles. The lowest BCUT2D eigenvalue weighted by Gasteiger charge is -2.22. The molecular weight excluding hydrogens is 540 g/mol. The Kier molecular flexibility index (Phi) is 8.44. The van der Waals surface area contributed by atoms with Gasteiger partial charge in [0, 0.05) is 0 Å². The number of aromatic hydroxyl groups is 1. The van der Waals surface area contributed by atoms with Crippen molar-refractivity contribution in [1.82, 2.24) is 0 Å². The van der Waals surface area contributed by atoms with Crippen molar-refractivity contribution < 1.29 is 21.9 Å². The zero-order valence-electron chi connectivity index (χ0n) is 23.5. The first kappa shape index (κ1) is 28.9. The minimum Gasteiger partial charge on any atom is -0.507 e. The third-order valence-electron chi connectivity index (χ3n) is 8.83. The van der Waals surface area contributed by atoms with Crippen LogP contribution in [0.25, 0.3) is 0 Å². The average Bonchev–Trinajstić information content (AvgIpc) is 2.98. The number of rotatable bonds is 7. The smallest absolute Gasteiger partial charge is 0.210 e. The van der Waals surface area contributed by atoms with Crippen molar-refractivity contribution in [2.75, 3.05) is 0 Å². The zero-order chi connectivity index (χ0) is 28.5. The van der Waals surface area contributed by atoms with Crippen molar-refractivity contribution in [2.45, 2.75) is 115 Å². The number of phenols is 1. The van der Waals surface area contributed by atoms with E-state index >= 15 is 0 Å². The minimum atomic E-state index is -4.16. The van der Waals surface area contributed by atoms with Gasteiger partial charge in [-0.2, -0.15) is 0 Å². The molecule has 2 fully saturated rings. The van der Waals surface area contributed by atoms with Crippen LogP contribution in [-0.2, 0) is 19.7 Å². The van der Waals surface area contributed by atoms with Gasteiger partial charge in [-0.1, -0.05) is 76.6 Å². The molecule has 1 N–H and O–H groups in total. The molecule has 5 rings (SSSR count). The first-order valence-electron chi connectivity index (χ1n) is 14.7. The van der Waals surface area contributed by atoms with E-state index in [1.165, 1.54) is 44.6 Å². The Bertz CT molecular complexity index is 1540. The molecule has 0 unspecified atom stereocenters. The van der Waals surface area contributed by atoms with Crippen LogP contribution in [0.5, 0.6) is 5.75 Å². The molecule has 3 aromatic rings. The molecule has 0 bridgehead atoms. The quantitative estimate of drug-likeness (QED) is 0.304. The maximum atomic E-state index is 13.9. The third kappa shape index (κ3) is 5.73. The summed E-state index contributed by atoms with van der Waals surface area (Å²) in [6.45, 7) is 3.66. The molecule has 214 valence electrons. The number of sulfone groups is 2. The molecule has 40 heavy (non-hydrogen) atoms. The number of benzene rings is 3. The van der Waals surface area contributed by atoms with E-state index in [2.05, 4.69) is 0 Å². The van der Waals surface area contributed by atoms with Gasteiger partial charge >= 0.3 is 0 Å². The molecule has 3 aromatic carbocycles. The van der Waals surface area contributed by atoms with E-state index in [1.54, 1.807) is 24.3 Å². The summed E-state index contributed by atoms with van der Waals surface area (Å²) in [6, 6.07) is 16.4. The summed E-state index contributed by atoms with van der Waals surface area (Å²) in [5, 5.41) is 10.9. The highest BCUT2D eigenvalue weighted by atomic mass is 32.2. The van der Waals surface area contributed by atoms with E-state index in [-0.39, 0.29) is 25.5 Å². The van der Waals surface area contributed by atoms with Crippen molar-refractivity contribution >= 4 is 19.7 Å². The molecule has 0 aromatic heterocycles. The summed E-state index contributed by atoms with van der Waals surface area (Å²) in [7, 11) is -8.20.